The summed E-state index contributed by atoms with van der Waals surface area (Å²) in [7, 11) is 0. The van der Waals surface area contributed by atoms with E-state index in [2.05, 4.69) is 30.3 Å². The van der Waals surface area contributed by atoms with Crippen LogP contribution in [0.4, 0.5) is 0 Å². The number of rotatable bonds is 3. The Labute approximate surface area is 117 Å². The first kappa shape index (κ1) is 12.2. The van der Waals surface area contributed by atoms with Crippen molar-refractivity contribution in [3.63, 3.8) is 0 Å². The van der Waals surface area contributed by atoms with Crippen LogP contribution in [0.25, 0.3) is 0 Å². The Morgan fingerprint density at radius 3 is 2.28 bits per heavy atom. The summed E-state index contributed by atoms with van der Waals surface area (Å²) in [6, 6.07) is 12.8. The van der Waals surface area contributed by atoms with Gasteiger partial charge in [0.2, 0.25) is 0 Å². The van der Waals surface area contributed by atoms with Gasteiger partial charge in [-0.05, 0) is 54.5 Å². The van der Waals surface area contributed by atoms with Gasteiger partial charge in [0.15, 0.2) is 0 Å². The molecule has 0 unspecified atom stereocenters. The third-order valence-electron chi connectivity index (χ3n) is 3.86. The molecular formula is C15H16ClNS. The molecule has 94 valence electrons. The van der Waals surface area contributed by atoms with Gasteiger partial charge in [0, 0.05) is 4.88 Å². The van der Waals surface area contributed by atoms with Crippen LogP contribution in [-0.4, -0.2) is 6.54 Å². The maximum absolute atomic E-state index is 6.07. The molecule has 1 aromatic carbocycles. The number of thiophene rings is 1. The van der Waals surface area contributed by atoms with Crippen molar-refractivity contribution in [1.29, 1.82) is 0 Å². The Kier molecular flexibility index (Phi) is 3.18. The highest BCUT2D eigenvalue weighted by molar-refractivity contribution is 7.16. The lowest BCUT2D eigenvalue weighted by molar-refractivity contribution is 0.317. The van der Waals surface area contributed by atoms with E-state index in [1.165, 1.54) is 16.0 Å². The Morgan fingerprint density at radius 1 is 1.11 bits per heavy atom. The van der Waals surface area contributed by atoms with Crippen LogP contribution in [0.15, 0.2) is 36.4 Å². The fourth-order valence-corrected chi connectivity index (χ4v) is 4.19. The standard InChI is InChI=1S/C15H16ClNS/c16-14-6-5-13(18-14)9-15(10-17)7-11-3-1-2-4-12(11)8-15/h1-6H,7-10,17H2. The van der Waals surface area contributed by atoms with Crippen LogP contribution in [-0.2, 0) is 19.3 Å². The van der Waals surface area contributed by atoms with E-state index in [0.29, 0.717) is 0 Å². The zero-order valence-electron chi connectivity index (χ0n) is 10.2. The molecule has 0 spiro atoms. The molecule has 1 aliphatic rings. The van der Waals surface area contributed by atoms with Crippen molar-refractivity contribution in [2.24, 2.45) is 11.1 Å². The van der Waals surface area contributed by atoms with Gasteiger partial charge in [-0.15, -0.1) is 11.3 Å². The number of nitrogens with two attached hydrogens (primary N) is 1. The molecule has 3 heteroatoms. The minimum absolute atomic E-state index is 0.192. The Morgan fingerprint density at radius 2 is 1.78 bits per heavy atom. The van der Waals surface area contributed by atoms with Gasteiger partial charge in [0.1, 0.15) is 0 Å². The predicted octanol–water partition coefficient (Wildman–Crippen LogP) is 3.69. The van der Waals surface area contributed by atoms with Crippen LogP contribution in [0.2, 0.25) is 4.34 Å². The van der Waals surface area contributed by atoms with Gasteiger partial charge in [0.25, 0.3) is 0 Å². The first-order chi connectivity index (χ1) is 8.71. The Hall–Kier alpha value is -0.830. The first-order valence-corrected chi connectivity index (χ1v) is 7.41. The summed E-state index contributed by atoms with van der Waals surface area (Å²) < 4.78 is 0.868. The predicted molar refractivity (Wildman–Crippen MR) is 78.4 cm³/mol. The molecule has 18 heavy (non-hydrogen) atoms. The Balaban J connectivity index is 1.86. The van der Waals surface area contributed by atoms with Gasteiger partial charge in [-0.2, -0.15) is 0 Å². The third kappa shape index (κ3) is 2.20. The second-order valence-electron chi connectivity index (χ2n) is 5.21. The lowest BCUT2D eigenvalue weighted by Crippen LogP contribution is -2.33. The maximum atomic E-state index is 6.07. The van der Waals surface area contributed by atoms with E-state index < -0.39 is 0 Å². The van der Waals surface area contributed by atoms with E-state index in [1.54, 1.807) is 11.3 Å². The molecule has 0 saturated heterocycles. The molecule has 2 N–H and O–H groups in total. The van der Waals surface area contributed by atoms with Crippen LogP contribution < -0.4 is 5.73 Å². The average molecular weight is 278 g/mol. The fourth-order valence-electron chi connectivity index (χ4n) is 2.93. The zero-order chi connectivity index (χ0) is 12.6. The molecule has 1 heterocycles. The van der Waals surface area contributed by atoms with Crippen LogP contribution in [0, 0.1) is 5.41 Å². The summed E-state index contributed by atoms with van der Waals surface area (Å²) in [5.74, 6) is 0. The molecule has 1 nitrogen and oxygen atoms in total. The highest BCUT2D eigenvalue weighted by Gasteiger charge is 2.36. The topological polar surface area (TPSA) is 26.0 Å². The SMILES string of the molecule is NCC1(Cc2ccc(Cl)s2)Cc2ccccc2C1. The van der Waals surface area contributed by atoms with Crippen LogP contribution in [0.5, 0.6) is 0 Å². The molecule has 0 aliphatic heterocycles. The van der Waals surface area contributed by atoms with Gasteiger partial charge in [0.05, 0.1) is 4.34 Å². The summed E-state index contributed by atoms with van der Waals surface area (Å²) in [4.78, 5) is 1.35. The van der Waals surface area contributed by atoms with Crippen molar-refractivity contribution in [2.75, 3.05) is 6.54 Å². The van der Waals surface area contributed by atoms with Gasteiger partial charge >= 0.3 is 0 Å². The van der Waals surface area contributed by atoms with E-state index in [9.17, 15) is 0 Å². The van der Waals surface area contributed by atoms with Gasteiger partial charge in [-0.1, -0.05) is 35.9 Å². The largest absolute Gasteiger partial charge is 0.330 e. The molecule has 1 aromatic heterocycles. The molecular weight excluding hydrogens is 262 g/mol. The summed E-state index contributed by atoms with van der Waals surface area (Å²) in [5, 5.41) is 0. The fraction of sp³-hybridized carbons (Fsp3) is 0.333. The lowest BCUT2D eigenvalue weighted by Gasteiger charge is -2.26. The van der Waals surface area contributed by atoms with Gasteiger partial charge < -0.3 is 5.73 Å². The summed E-state index contributed by atoms with van der Waals surface area (Å²) >= 11 is 7.69. The number of benzene rings is 1. The van der Waals surface area contributed by atoms with Crippen molar-refractivity contribution >= 4 is 22.9 Å². The quantitative estimate of drug-likeness (QED) is 0.910. The zero-order valence-corrected chi connectivity index (χ0v) is 11.7. The molecule has 0 saturated carbocycles. The van der Waals surface area contributed by atoms with E-state index in [0.717, 1.165) is 30.1 Å². The summed E-state index contributed by atoms with van der Waals surface area (Å²) in [6.45, 7) is 0.733. The number of hydrogen-bond acceptors (Lipinski definition) is 2. The number of halogens is 1. The number of fused-ring (bicyclic) bond motifs is 1. The summed E-state index contributed by atoms with van der Waals surface area (Å²) in [5.41, 5.74) is 9.19. The van der Waals surface area contributed by atoms with E-state index >= 15 is 0 Å². The van der Waals surface area contributed by atoms with Crippen molar-refractivity contribution in [1.82, 2.24) is 0 Å². The van der Waals surface area contributed by atoms with Crippen LogP contribution in [0.3, 0.4) is 0 Å². The van der Waals surface area contributed by atoms with Gasteiger partial charge in [-0.3, -0.25) is 0 Å². The molecule has 2 aromatic rings. The first-order valence-electron chi connectivity index (χ1n) is 6.22. The van der Waals surface area contributed by atoms with Crippen LogP contribution >= 0.6 is 22.9 Å². The number of hydrogen-bond donors (Lipinski definition) is 1. The molecule has 3 rings (SSSR count). The van der Waals surface area contributed by atoms with E-state index in [1.807, 2.05) is 6.07 Å². The third-order valence-corrected chi connectivity index (χ3v) is 5.09. The minimum Gasteiger partial charge on any atom is -0.330 e. The molecule has 1 aliphatic carbocycles. The Bertz CT molecular complexity index is 536. The minimum atomic E-state index is 0.192. The average Bonchev–Trinajstić information content (AvgIpc) is 2.93. The maximum Gasteiger partial charge on any atom is 0.0931 e. The second-order valence-corrected chi connectivity index (χ2v) is 7.01. The van der Waals surface area contributed by atoms with Crippen LogP contribution in [0.1, 0.15) is 16.0 Å². The monoisotopic (exact) mass is 277 g/mol. The summed E-state index contributed by atoms with van der Waals surface area (Å²) in [6.07, 6.45) is 3.22. The normalized spacial score (nSPS) is 16.8. The van der Waals surface area contributed by atoms with Crippen molar-refractivity contribution < 1.29 is 0 Å². The lowest BCUT2D eigenvalue weighted by atomic mass is 9.81. The highest BCUT2D eigenvalue weighted by Crippen LogP contribution is 2.40. The van der Waals surface area contributed by atoms with Crippen molar-refractivity contribution in [3.8, 4) is 0 Å². The van der Waals surface area contributed by atoms with Crippen molar-refractivity contribution in [3.05, 3.63) is 56.7 Å². The highest BCUT2D eigenvalue weighted by atomic mass is 35.5. The van der Waals surface area contributed by atoms with Gasteiger partial charge in [-0.25, -0.2) is 0 Å². The molecule has 0 bridgehead atoms. The molecule has 0 radical (unpaired) electrons. The smallest absolute Gasteiger partial charge is 0.0931 e. The van der Waals surface area contributed by atoms with Crippen molar-refractivity contribution in [2.45, 2.75) is 19.3 Å². The molecule has 0 amide bonds. The van der Waals surface area contributed by atoms with E-state index in [4.69, 9.17) is 17.3 Å². The second kappa shape index (κ2) is 4.69. The molecule has 0 atom stereocenters. The van der Waals surface area contributed by atoms with E-state index in [-0.39, 0.29) is 5.41 Å². The molecule has 0 fully saturated rings.